The minimum atomic E-state index is -0.119. The van der Waals surface area contributed by atoms with Crippen molar-refractivity contribution in [2.24, 2.45) is 7.05 Å². The minimum absolute atomic E-state index is 0.119. The van der Waals surface area contributed by atoms with Crippen molar-refractivity contribution in [3.05, 3.63) is 40.3 Å². The van der Waals surface area contributed by atoms with Crippen molar-refractivity contribution in [2.45, 2.75) is 44.6 Å². The second kappa shape index (κ2) is 7.80. The third-order valence-electron chi connectivity index (χ3n) is 5.97. The summed E-state index contributed by atoms with van der Waals surface area (Å²) < 4.78 is 1.35. The first kappa shape index (κ1) is 18.2. The molecule has 0 saturated carbocycles. The quantitative estimate of drug-likeness (QED) is 0.828. The molecule has 6 heteroatoms. The van der Waals surface area contributed by atoms with Gasteiger partial charge in [-0.05, 0) is 51.3 Å². The van der Waals surface area contributed by atoms with Crippen molar-refractivity contribution in [1.29, 1.82) is 0 Å². The molecule has 1 amide bonds. The summed E-state index contributed by atoms with van der Waals surface area (Å²) in [6, 6.07) is 7.76. The molecule has 4 rings (SSSR count). The van der Waals surface area contributed by atoms with Gasteiger partial charge in [0.1, 0.15) is 0 Å². The highest BCUT2D eigenvalue weighted by Crippen LogP contribution is 2.22. The molecule has 0 bridgehead atoms. The van der Waals surface area contributed by atoms with Gasteiger partial charge in [0.25, 0.3) is 5.56 Å². The molecule has 1 atom stereocenters. The van der Waals surface area contributed by atoms with E-state index in [-0.39, 0.29) is 17.9 Å². The van der Waals surface area contributed by atoms with E-state index in [0.717, 1.165) is 44.4 Å². The average Bonchev–Trinajstić information content (AvgIpc) is 3.19. The Kier molecular flexibility index (Phi) is 5.25. The number of hydrogen-bond acceptors (Lipinski definition) is 4. The summed E-state index contributed by atoms with van der Waals surface area (Å²) in [4.78, 5) is 30.1. The molecular formula is C21H28N4O2. The van der Waals surface area contributed by atoms with E-state index in [2.05, 4.69) is 14.9 Å². The number of likely N-dealkylation sites (tertiary alicyclic amines) is 2. The number of piperidine rings is 1. The van der Waals surface area contributed by atoms with Gasteiger partial charge < -0.3 is 9.80 Å². The number of carbonyl (C=O) groups excluding carboxylic acids is 1. The molecule has 1 aromatic heterocycles. The predicted octanol–water partition coefficient (Wildman–Crippen LogP) is 1.95. The Balaban J connectivity index is 1.56. The molecule has 3 heterocycles. The van der Waals surface area contributed by atoms with Crippen LogP contribution in [0.15, 0.2) is 29.1 Å². The third-order valence-corrected chi connectivity index (χ3v) is 5.97. The van der Waals surface area contributed by atoms with Crippen LogP contribution in [-0.2, 0) is 18.3 Å². The van der Waals surface area contributed by atoms with Gasteiger partial charge >= 0.3 is 0 Å². The molecule has 6 nitrogen and oxygen atoms in total. The largest absolute Gasteiger partial charge is 0.338 e. The van der Waals surface area contributed by atoms with Gasteiger partial charge in [-0.25, -0.2) is 4.68 Å². The van der Waals surface area contributed by atoms with Crippen molar-refractivity contribution in [3.63, 3.8) is 0 Å². The van der Waals surface area contributed by atoms with E-state index >= 15 is 0 Å². The Bertz CT molecular complexity index is 885. The van der Waals surface area contributed by atoms with E-state index in [4.69, 9.17) is 0 Å². The molecule has 2 aromatic rings. The Hall–Kier alpha value is -2.21. The fourth-order valence-corrected chi connectivity index (χ4v) is 4.53. The molecule has 2 saturated heterocycles. The van der Waals surface area contributed by atoms with Crippen molar-refractivity contribution >= 4 is 16.7 Å². The van der Waals surface area contributed by atoms with Crippen LogP contribution in [0.25, 0.3) is 10.8 Å². The van der Waals surface area contributed by atoms with Gasteiger partial charge in [0.05, 0.1) is 17.5 Å². The predicted molar refractivity (Wildman–Crippen MR) is 106 cm³/mol. The number of benzene rings is 1. The molecule has 0 aliphatic carbocycles. The number of rotatable bonds is 4. The van der Waals surface area contributed by atoms with E-state index in [1.807, 2.05) is 24.3 Å². The molecule has 0 unspecified atom stereocenters. The van der Waals surface area contributed by atoms with E-state index in [1.54, 1.807) is 7.05 Å². The summed E-state index contributed by atoms with van der Waals surface area (Å²) in [6.45, 7) is 4.14. The molecule has 27 heavy (non-hydrogen) atoms. The van der Waals surface area contributed by atoms with Gasteiger partial charge in [-0.2, -0.15) is 5.10 Å². The molecular weight excluding hydrogens is 340 g/mol. The van der Waals surface area contributed by atoms with Gasteiger partial charge in [0.15, 0.2) is 0 Å². The van der Waals surface area contributed by atoms with E-state index in [0.29, 0.717) is 17.1 Å². The lowest BCUT2D eigenvalue weighted by Gasteiger charge is -2.38. The summed E-state index contributed by atoms with van der Waals surface area (Å²) in [5, 5.41) is 5.83. The van der Waals surface area contributed by atoms with Crippen LogP contribution in [0.3, 0.4) is 0 Å². The highest BCUT2D eigenvalue weighted by atomic mass is 16.2. The SMILES string of the molecule is Cn1nc(CC(=O)N2CCCC[C@H]2CN2CCCC2)c2ccccc2c1=O. The maximum atomic E-state index is 13.2. The maximum absolute atomic E-state index is 13.2. The van der Waals surface area contributed by atoms with Crippen molar-refractivity contribution in [1.82, 2.24) is 19.6 Å². The molecule has 2 fully saturated rings. The van der Waals surface area contributed by atoms with Crippen molar-refractivity contribution < 1.29 is 4.79 Å². The average molecular weight is 368 g/mol. The molecule has 144 valence electrons. The monoisotopic (exact) mass is 368 g/mol. The zero-order valence-electron chi connectivity index (χ0n) is 16.1. The second-order valence-electron chi connectivity index (χ2n) is 7.84. The van der Waals surface area contributed by atoms with E-state index < -0.39 is 0 Å². The molecule has 0 radical (unpaired) electrons. The second-order valence-corrected chi connectivity index (χ2v) is 7.84. The normalized spacial score (nSPS) is 21.1. The van der Waals surface area contributed by atoms with Crippen LogP contribution in [0.4, 0.5) is 0 Å². The van der Waals surface area contributed by atoms with Crippen molar-refractivity contribution in [3.8, 4) is 0 Å². The fraction of sp³-hybridized carbons (Fsp3) is 0.571. The van der Waals surface area contributed by atoms with Gasteiger partial charge in [-0.15, -0.1) is 0 Å². The Morgan fingerprint density at radius 3 is 2.56 bits per heavy atom. The van der Waals surface area contributed by atoms with Crippen molar-refractivity contribution in [2.75, 3.05) is 26.2 Å². The smallest absolute Gasteiger partial charge is 0.274 e. The first-order valence-electron chi connectivity index (χ1n) is 10.1. The maximum Gasteiger partial charge on any atom is 0.274 e. The van der Waals surface area contributed by atoms with Gasteiger partial charge in [0.2, 0.25) is 5.91 Å². The summed E-state index contributed by atoms with van der Waals surface area (Å²) >= 11 is 0. The summed E-state index contributed by atoms with van der Waals surface area (Å²) in [5.74, 6) is 0.134. The topological polar surface area (TPSA) is 58.4 Å². The van der Waals surface area contributed by atoms with Gasteiger partial charge in [0, 0.05) is 31.6 Å². The van der Waals surface area contributed by atoms with Crippen LogP contribution in [0.2, 0.25) is 0 Å². The Labute approximate surface area is 159 Å². The van der Waals surface area contributed by atoms with Gasteiger partial charge in [-0.1, -0.05) is 18.2 Å². The number of fused-ring (bicyclic) bond motifs is 1. The van der Waals surface area contributed by atoms with Gasteiger partial charge in [-0.3, -0.25) is 9.59 Å². The summed E-state index contributed by atoms with van der Waals surface area (Å²) in [5.41, 5.74) is 0.579. The molecule has 0 N–H and O–H groups in total. The van der Waals surface area contributed by atoms with E-state index in [9.17, 15) is 9.59 Å². The lowest BCUT2D eigenvalue weighted by molar-refractivity contribution is -0.134. The third kappa shape index (κ3) is 3.76. The minimum Gasteiger partial charge on any atom is -0.338 e. The highest BCUT2D eigenvalue weighted by Gasteiger charge is 2.29. The number of amides is 1. The first-order chi connectivity index (χ1) is 13.1. The van der Waals surface area contributed by atoms with Crippen LogP contribution >= 0.6 is 0 Å². The lowest BCUT2D eigenvalue weighted by atomic mass is 10.00. The van der Waals surface area contributed by atoms with Crippen LogP contribution in [0, 0.1) is 0 Å². The number of hydrogen-bond donors (Lipinski definition) is 0. The Morgan fingerprint density at radius 1 is 1.07 bits per heavy atom. The first-order valence-corrected chi connectivity index (χ1v) is 10.1. The standard InChI is InChI=1S/C21H28N4O2/c1-23-21(27)18-10-3-2-9-17(18)19(22-23)14-20(26)25-13-5-4-8-16(25)15-24-11-6-7-12-24/h2-3,9-10,16H,4-8,11-15H2,1H3/t16-/m0/s1. The zero-order chi connectivity index (χ0) is 18.8. The molecule has 0 spiro atoms. The number of aryl methyl sites for hydroxylation is 1. The lowest BCUT2D eigenvalue weighted by Crippen LogP contribution is -2.49. The van der Waals surface area contributed by atoms with Crippen LogP contribution in [-0.4, -0.2) is 57.7 Å². The summed E-state index contributed by atoms with van der Waals surface area (Å²) in [7, 11) is 1.65. The zero-order valence-corrected chi connectivity index (χ0v) is 16.1. The molecule has 2 aliphatic rings. The number of nitrogens with zero attached hydrogens (tertiary/aromatic N) is 4. The number of aromatic nitrogens is 2. The molecule has 1 aromatic carbocycles. The summed E-state index contributed by atoms with van der Waals surface area (Å²) in [6.07, 6.45) is 6.16. The van der Waals surface area contributed by atoms with E-state index in [1.165, 1.54) is 23.9 Å². The fourth-order valence-electron chi connectivity index (χ4n) is 4.53. The van der Waals surface area contributed by atoms with Crippen LogP contribution in [0.1, 0.15) is 37.8 Å². The molecule has 2 aliphatic heterocycles. The Morgan fingerprint density at radius 2 is 1.78 bits per heavy atom. The van der Waals surface area contributed by atoms with Crippen LogP contribution < -0.4 is 5.56 Å². The van der Waals surface area contributed by atoms with Crippen LogP contribution in [0.5, 0.6) is 0 Å². The highest BCUT2D eigenvalue weighted by molar-refractivity contribution is 5.88. The number of carbonyl (C=O) groups is 1.